The van der Waals surface area contributed by atoms with Gasteiger partial charge in [-0.2, -0.15) is 5.10 Å². The number of aromatic nitrogens is 3. The van der Waals surface area contributed by atoms with Crippen molar-refractivity contribution in [3.05, 3.63) is 48.3 Å². The molecule has 146 valence electrons. The Hall–Kier alpha value is -2.64. The molecule has 0 aliphatic carbocycles. The lowest BCUT2D eigenvalue weighted by atomic mass is 9.90. The van der Waals surface area contributed by atoms with Crippen LogP contribution in [-0.4, -0.2) is 63.5 Å². The summed E-state index contributed by atoms with van der Waals surface area (Å²) >= 11 is 0. The highest BCUT2D eigenvalue weighted by atomic mass is 16.5. The molecule has 1 amide bonds. The van der Waals surface area contributed by atoms with E-state index in [0.29, 0.717) is 17.6 Å². The Morgan fingerprint density at radius 2 is 1.89 bits per heavy atom. The van der Waals surface area contributed by atoms with Crippen LogP contribution in [0, 0.1) is 0 Å². The van der Waals surface area contributed by atoms with Crippen LogP contribution in [0.2, 0.25) is 0 Å². The zero-order chi connectivity index (χ0) is 19.3. The van der Waals surface area contributed by atoms with Crippen molar-refractivity contribution in [2.75, 3.05) is 20.3 Å². The van der Waals surface area contributed by atoms with Gasteiger partial charge in [-0.25, -0.2) is 0 Å². The zero-order valence-corrected chi connectivity index (χ0v) is 16.2. The summed E-state index contributed by atoms with van der Waals surface area (Å²) < 4.78 is 9.54. The minimum atomic E-state index is -0.00865. The molecule has 5 rings (SSSR count). The maximum absolute atomic E-state index is 13.2. The summed E-state index contributed by atoms with van der Waals surface area (Å²) in [6.07, 6.45) is 5.55. The number of morpholine rings is 1. The molecule has 2 aliphatic rings. The van der Waals surface area contributed by atoms with E-state index in [2.05, 4.69) is 22.4 Å². The molecule has 2 fully saturated rings. The van der Waals surface area contributed by atoms with Gasteiger partial charge in [-0.1, -0.05) is 18.2 Å². The largest absolute Gasteiger partial charge is 0.378 e. The van der Waals surface area contributed by atoms with E-state index in [1.165, 1.54) is 0 Å². The third-order valence-electron chi connectivity index (χ3n) is 6.22. The van der Waals surface area contributed by atoms with Gasteiger partial charge in [-0.3, -0.25) is 14.4 Å². The zero-order valence-electron chi connectivity index (χ0n) is 16.2. The Kier molecular flexibility index (Phi) is 4.21. The van der Waals surface area contributed by atoms with Crippen LogP contribution in [-0.2, 0) is 11.8 Å². The number of benzene rings is 1. The maximum Gasteiger partial charge on any atom is 0.253 e. The topological polar surface area (TPSA) is 64.3 Å². The highest BCUT2D eigenvalue weighted by Crippen LogP contribution is 2.28. The number of carbonyl (C=O) groups is 1. The maximum atomic E-state index is 13.2. The first-order valence-electron chi connectivity index (χ1n) is 9.81. The van der Waals surface area contributed by atoms with Gasteiger partial charge in [0.1, 0.15) is 5.82 Å². The number of para-hydroxylation sites is 1. The van der Waals surface area contributed by atoms with Crippen molar-refractivity contribution in [2.24, 2.45) is 7.05 Å². The number of hydrogen-bond acceptors (Lipinski definition) is 4. The first kappa shape index (κ1) is 17.5. The van der Waals surface area contributed by atoms with Gasteiger partial charge in [0.2, 0.25) is 0 Å². The molecule has 28 heavy (non-hydrogen) atoms. The van der Waals surface area contributed by atoms with Crippen LogP contribution in [0.5, 0.6) is 0 Å². The molecule has 2 bridgehead atoms. The van der Waals surface area contributed by atoms with E-state index in [0.717, 1.165) is 42.8 Å². The number of fused-ring (bicyclic) bond motifs is 3. The number of carbonyl (C=O) groups excluding carboxylic acids is 1. The second kappa shape index (κ2) is 6.76. The average Bonchev–Trinajstić information content (AvgIpc) is 3.26. The number of piperidine rings is 1. The Morgan fingerprint density at radius 3 is 2.61 bits per heavy atom. The highest BCUT2D eigenvalue weighted by Gasteiger charge is 2.37. The van der Waals surface area contributed by atoms with Crippen LogP contribution < -0.4 is 5.32 Å². The van der Waals surface area contributed by atoms with Gasteiger partial charge in [0.05, 0.1) is 30.5 Å². The molecule has 3 aromatic rings. The van der Waals surface area contributed by atoms with E-state index in [9.17, 15) is 4.79 Å². The second-order valence-corrected chi connectivity index (χ2v) is 7.90. The van der Waals surface area contributed by atoms with Crippen molar-refractivity contribution in [3.63, 3.8) is 0 Å². The monoisotopic (exact) mass is 379 g/mol. The highest BCUT2D eigenvalue weighted by molar-refractivity contribution is 6.07. The molecule has 0 saturated carbocycles. The smallest absolute Gasteiger partial charge is 0.253 e. The second-order valence-electron chi connectivity index (χ2n) is 7.90. The molecule has 0 radical (unpaired) electrons. The SMILES string of the molecule is CN1[C@@H]2COC[C@H]1CC(NC(=O)c1cn(-c3ccnn3C)c3ccccc13)C2. The van der Waals surface area contributed by atoms with Gasteiger partial charge in [-0.05, 0) is 26.0 Å². The lowest BCUT2D eigenvalue weighted by molar-refractivity contribution is -0.0670. The molecule has 7 nitrogen and oxygen atoms in total. The number of hydrogen-bond donors (Lipinski definition) is 1. The molecule has 1 unspecified atom stereocenters. The van der Waals surface area contributed by atoms with Crippen molar-refractivity contribution < 1.29 is 9.53 Å². The first-order chi connectivity index (χ1) is 13.6. The molecular formula is C21H25N5O2. The Morgan fingerprint density at radius 1 is 1.14 bits per heavy atom. The molecule has 0 spiro atoms. The van der Waals surface area contributed by atoms with E-state index in [1.54, 1.807) is 6.20 Å². The van der Waals surface area contributed by atoms with E-state index in [4.69, 9.17) is 4.74 Å². The van der Waals surface area contributed by atoms with E-state index < -0.39 is 0 Å². The number of nitrogens with zero attached hydrogens (tertiary/aromatic N) is 4. The van der Waals surface area contributed by atoms with Gasteiger partial charge < -0.3 is 14.6 Å². The predicted molar refractivity (Wildman–Crippen MR) is 107 cm³/mol. The molecule has 2 saturated heterocycles. The molecular weight excluding hydrogens is 354 g/mol. The lowest BCUT2D eigenvalue weighted by Gasteiger charge is -2.46. The Balaban J connectivity index is 1.45. The number of aryl methyl sites for hydroxylation is 1. The summed E-state index contributed by atoms with van der Waals surface area (Å²) in [5, 5.41) is 8.51. The van der Waals surface area contributed by atoms with Gasteiger partial charge in [0.15, 0.2) is 0 Å². The first-order valence-corrected chi connectivity index (χ1v) is 9.81. The fourth-order valence-electron chi connectivity index (χ4n) is 4.63. The summed E-state index contributed by atoms with van der Waals surface area (Å²) in [7, 11) is 4.07. The standard InChI is InChI=1S/C21H25N5O2/c1-24-15-9-14(10-16(24)13-28-12-15)23-21(27)18-11-26(20-7-8-22-25(20)2)19-6-4-3-5-17(18)19/h3-8,11,14-16H,9-10,12-13H2,1-2H3,(H,23,27)/t14?,15-,16+. The van der Waals surface area contributed by atoms with Crippen LogP contribution in [0.3, 0.4) is 0 Å². The fraction of sp³-hybridized carbons (Fsp3) is 0.429. The van der Waals surface area contributed by atoms with Crippen molar-refractivity contribution in [1.29, 1.82) is 0 Å². The molecule has 1 aromatic carbocycles. The van der Waals surface area contributed by atoms with Crippen molar-refractivity contribution in [1.82, 2.24) is 24.6 Å². The van der Waals surface area contributed by atoms with Crippen LogP contribution in [0.1, 0.15) is 23.2 Å². The third kappa shape index (κ3) is 2.82. The van der Waals surface area contributed by atoms with E-state index in [1.807, 2.05) is 52.8 Å². The minimum absolute atomic E-state index is 0.00865. The van der Waals surface area contributed by atoms with Gasteiger partial charge >= 0.3 is 0 Å². The van der Waals surface area contributed by atoms with Gasteiger partial charge in [0, 0.05) is 42.8 Å². The molecule has 7 heteroatoms. The third-order valence-corrected chi connectivity index (χ3v) is 6.22. The summed E-state index contributed by atoms with van der Waals surface area (Å²) in [5.74, 6) is 0.923. The van der Waals surface area contributed by atoms with Crippen LogP contribution in [0.4, 0.5) is 0 Å². The van der Waals surface area contributed by atoms with Crippen molar-refractivity contribution in [3.8, 4) is 5.82 Å². The normalized spacial score (nSPS) is 25.1. The Bertz CT molecular complexity index is 1010. The quantitative estimate of drug-likeness (QED) is 0.756. The number of ether oxygens (including phenoxy) is 1. The summed E-state index contributed by atoms with van der Waals surface area (Å²) in [5.41, 5.74) is 1.71. The van der Waals surface area contributed by atoms with E-state index >= 15 is 0 Å². The molecule has 3 atom stereocenters. The number of rotatable bonds is 3. The molecule has 4 heterocycles. The number of likely N-dealkylation sites (N-methyl/N-ethyl adjacent to an activating group) is 1. The van der Waals surface area contributed by atoms with Gasteiger partial charge in [-0.15, -0.1) is 0 Å². The molecule has 1 N–H and O–H groups in total. The van der Waals surface area contributed by atoms with Crippen LogP contribution >= 0.6 is 0 Å². The summed E-state index contributed by atoms with van der Waals surface area (Å²) in [6, 6.07) is 10.9. The molecule has 2 aromatic heterocycles. The van der Waals surface area contributed by atoms with Crippen molar-refractivity contribution >= 4 is 16.8 Å². The average molecular weight is 379 g/mol. The van der Waals surface area contributed by atoms with Crippen LogP contribution in [0.15, 0.2) is 42.7 Å². The van der Waals surface area contributed by atoms with Crippen LogP contribution in [0.25, 0.3) is 16.7 Å². The summed E-state index contributed by atoms with van der Waals surface area (Å²) in [6.45, 7) is 1.50. The van der Waals surface area contributed by atoms with Crippen molar-refractivity contribution in [2.45, 2.75) is 31.0 Å². The molecule has 2 aliphatic heterocycles. The van der Waals surface area contributed by atoms with Gasteiger partial charge in [0.25, 0.3) is 5.91 Å². The fourth-order valence-corrected chi connectivity index (χ4v) is 4.63. The lowest BCUT2D eigenvalue weighted by Crippen LogP contribution is -2.59. The Labute approximate surface area is 163 Å². The predicted octanol–water partition coefficient (Wildman–Crippen LogP) is 1.96. The summed E-state index contributed by atoms with van der Waals surface area (Å²) in [4.78, 5) is 15.6. The number of nitrogens with one attached hydrogen (secondary N) is 1. The number of amides is 1. The van der Waals surface area contributed by atoms with E-state index in [-0.39, 0.29) is 11.9 Å². The minimum Gasteiger partial charge on any atom is -0.378 e.